The van der Waals surface area contributed by atoms with Crippen LogP contribution in [0.4, 0.5) is 4.39 Å². The van der Waals surface area contributed by atoms with E-state index in [1.165, 1.54) is 21.1 Å². The molecular weight excluding hydrogens is 215 g/mol. The fraction of sp³-hybridized carbons (Fsp3) is 0.818. The van der Waals surface area contributed by atoms with Crippen LogP contribution >= 0.6 is 0 Å². The average molecular weight is 232 g/mol. The number of ether oxygens (including phenoxy) is 2. The Morgan fingerprint density at radius 2 is 1.69 bits per heavy atom. The highest BCUT2D eigenvalue weighted by Gasteiger charge is 2.45. The van der Waals surface area contributed by atoms with Gasteiger partial charge in [0, 0.05) is 0 Å². The molecule has 1 rings (SSSR count). The first kappa shape index (κ1) is 12.9. The molecule has 0 radical (unpaired) electrons. The predicted molar refractivity (Wildman–Crippen MR) is 54.4 cm³/mol. The van der Waals surface area contributed by atoms with Crippen LogP contribution < -0.4 is 0 Å². The first-order chi connectivity index (χ1) is 7.41. The predicted octanol–water partition coefficient (Wildman–Crippen LogP) is 1.48. The Balaban J connectivity index is 2.84. The molecule has 16 heavy (non-hydrogen) atoms. The van der Waals surface area contributed by atoms with Crippen molar-refractivity contribution < 1.29 is 23.5 Å². The van der Waals surface area contributed by atoms with E-state index in [2.05, 4.69) is 9.47 Å². The smallest absolute Gasteiger partial charge is 0.309 e. The maximum Gasteiger partial charge on any atom is 0.309 e. The van der Waals surface area contributed by atoms with Crippen LogP contribution in [0.5, 0.6) is 0 Å². The minimum Gasteiger partial charge on any atom is -0.469 e. The fourth-order valence-electron chi connectivity index (χ4n) is 2.19. The third kappa shape index (κ3) is 2.71. The lowest BCUT2D eigenvalue weighted by Crippen LogP contribution is -2.41. The van der Waals surface area contributed by atoms with Crippen molar-refractivity contribution in [2.45, 2.75) is 31.9 Å². The van der Waals surface area contributed by atoms with Crippen LogP contribution in [0.2, 0.25) is 0 Å². The van der Waals surface area contributed by atoms with Gasteiger partial charge in [0.05, 0.1) is 26.1 Å². The molecule has 0 aromatic rings. The van der Waals surface area contributed by atoms with E-state index in [1.54, 1.807) is 0 Å². The maximum absolute atomic E-state index is 13.8. The molecule has 0 bridgehead atoms. The molecule has 5 heteroatoms. The number of rotatable bonds is 2. The molecule has 4 nitrogen and oxygen atoms in total. The van der Waals surface area contributed by atoms with Gasteiger partial charge in [0.2, 0.25) is 0 Å². The van der Waals surface area contributed by atoms with Gasteiger partial charge in [-0.25, -0.2) is 4.39 Å². The van der Waals surface area contributed by atoms with Crippen molar-refractivity contribution in [1.29, 1.82) is 0 Å². The number of halogens is 1. The fourth-order valence-corrected chi connectivity index (χ4v) is 2.19. The molecule has 1 aliphatic carbocycles. The monoisotopic (exact) mass is 232 g/mol. The van der Waals surface area contributed by atoms with Crippen molar-refractivity contribution in [1.82, 2.24) is 0 Å². The molecule has 0 spiro atoms. The van der Waals surface area contributed by atoms with Crippen LogP contribution in [0.25, 0.3) is 0 Å². The molecule has 0 heterocycles. The van der Waals surface area contributed by atoms with E-state index in [1.807, 2.05) is 0 Å². The van der Waals surface area contributed by atoms with Gasteiger partial charge in [-0.05, 0) is 26.2 Å². The van der Waals surface area contributed by atoms with Crippen molar-refractivity contribution in [2.75, 3.05) is 14.2 Å². The summed E-state index contributed by atoms with van der Waals surface area (Å²) in [5, 5.41) is 0. The summed E-state index contributed by atoms with van der Waals surface area (Å²) in [5.74, 6) is -2.33. The van der Waals surface area contributed by atoms with E-state index < -0.39 is 29.4 Å². The summed E-state index contributed by atoms with van der Waals surface area (Å²) >= 11 is 0. The molecule has 0 N–H and O–H groups in total. The molecule has 0 aromatic carbocycles. The Morgan fingerprint density at radius 3 is 2.19 bits per heavy atom. The summed E-state index contributed by atoms with van der Waals surface area (Å²) in [5.41, 5.74) is -1.41. The number of alkyl halides is 1. The van der Waals surface area contributed by atoms with Crippen molar-refractivity contribution >= 4 is 11.9 Å². The Morgan fingerprint density at radius 1 is 1.19 bits per heavy atom. The standard InChI is InChI=1S/C11H17FO4/c1-11(12)5-4-7(9(13)15-2)8(6-11)10(14)16-3/h7-8H,4-6H2,1-3H3. The number of hydrogen-bond acceptors (Lipinski definition) is 4. The summed E-state index contributed by atoms with van der Waals surface area (Å²) < 4.78 is 23.0. The van der Waals surface area contributed by atoms with Crippen LogP contribution in [-0.4, -0.2) is 31.8 Å². The number of carbonyl (C=O) groups is 2. The topological polar surface area (TPSA) is 52.6 Å². The molecular formula is C11H17FO4. The summed E-state index contributed by atoms with van der Waals surface area (Å²) in [7, 11) is 2.50. The van der Waals surface area contributed by atoms with Crippen molar-refractivity contribution in [3.63, 3.8) is 0 Å². The van der Waals surface area contributed by atoms with Crippen LogP contribution in [0.1, 0.15) is 26.2 Å². The molecule has 92 valence electrons. The van der Waals surface area contributed by atoms with Crippen molar-refractivity contribution in [2.24, 2.45) is 11.8 Å². The lowest BCUT2D eigenvalue weighted by Gasteiger charge is -2.35. The summed E-state index contributed by atoms with van der Waals surface area (Å²) in [6, 6.07) is 0. The van der Waals surface area contributed by atoms with E-state index in [-0.39, 0.29) is 12.8 Å². The van der Waals surface area contributed by atoms with Gasteiger partial charge >= 0.3 is 11.9 Å². The number of hydrogen-bond donors (Lipinski definition) is 0. The van der Waals surface area contributed by atoms with Crippen LogP contribution in [0.3, 0.4) is 0 Å². The molecule has 0 amide bonds. The molecule has 3 unspecified atom stereocenters. The minimum absolute atomic E-state index is 0.0133. The Bertz CT molecular complexity index is 288. The van der Waals surface area contributed by atoms with E-state index >= 15 is 0 Å². The van der Waals surface area contributed by atoms with Gasteiger partial charge < -0.3 is 9.47 Å². The second-order valence-electron chi connectivity index (χ2n) is 4.42. The van der Waals surface area contributed by atoms with Gasteiger partial charge in [0.1, 0.15) is 5.67 Å². The second kappa shape index (κ2) is 4.80. The largest absolute Gasteiger partial charge is 0.469 e. The maximum atomic E-state index is 13.8. The molecule has 0 aromatic heterocycles. The zero-order chi connectivity index (χ0) is 12.3. The minimum atomic E-state index is -1.41. The molecule has 0 aliphatic heterocycles. The highest BCUT2D eigenvalue weighted by Crippen LogP contribution is 2.39. The highest BCUT2D eigenvalue weighted by atomic mass is 19.1. The quantitative estimate of drug-likeness (QED) is 0.677. The number of carbonyl (C=O) groups excluding carboxylic acids is 2. The van der Waals surface area contributed by atoms with E-state index in [4.69, 9.17) is 0 Å². The summed E-state index contributed by atoms with van der Waals surface area (Å²) in [6.07, 6.45) is 0.596. The normalized spacial score (nSPS) is 34.2. The third-order valence-corrected chi connectivity index (χ3v) is 3.12. The average Bonchev–Trinajstić information content (AvgIpc) is 2.25. The van der Waals surface area contributed by atoms with Gasteiger partial charge in [-0.1, -0.05) is 0 Å². The van der Waals surface area contributed by atoms with Gasteiger partial charge in [0.15, 0.2) is 0 Å². The van der Waals surface area contributed by atoms with Crippen LogP contribution in [0, 0.1) is 11.8 Å². The van der Waals surface area contributed by atoms with Gasteiger partial charge in [-0.3, -0.25) is 9.59 Å². The SMILES string of the molecule is COC(=O)C1CCC(C)(F)CC1C(=O)OC. The van der Waals surface area contributed by atoms with Gasteiger partial charge in [-0.15, -0.1) is 0 Å². The zero-order valence-electron chi connectivity index (χ0n) is 9.79. The molecule has 1 aliphatic rings. The first-order valence-corrected chi connectivity index (χ1v) is 5.26. The molecule has 0 saturated heterocycles. The highest BCUT2D eigenvalue weighted by molar-refractivity contribution is 5.82. The second-order valence-corrected chi connectivity index (χ2v) is 4.42. The van der Waals surface area contributed by atoms with Crippen molar-refractivity contribution in [3.05, 3.63) is 0 Å². The van der Waals surface area contributed by atoms with E-state index in [0.29, 0.717) is 6.42 Å². The van der Waals surface area contributed by atoms with E-state index in [9.17, 15) is 14.0 Å². The van der Waals surface area contributed by atoms with Crippen LogP contribution in [-0.2, 0) is 19.1 Å². The first-order valence-electron chi connectivity index (χ1n) is 5.26. The molecule has 3 atom stereocenters. The Hall–Kier alpha value is -1.13. The lowest BCUT2D eigenvalue weighted by atomic mass is 9.73. The van der Waals surface area contributed by atoms with Crippen LogP contribution in [0.15, 0.2) is 0 Å². The van der Waals surface area contributed by atoms with Gasteiger partial charge in [0.25, 0.3) is 0 Å². The van der Waals surface area contributed by atoms with Gasteiger partial charge in [-0.2, -0.15) is 0 Å². The molecule has 1 fully saturated rings. The lowest BCUT2D eigenvalue weighted by molar-refractivity contribution is -0.162. The summed E-state index contributed by atoms with van der Waals surface area (Å²) in [6.45, 7) is 1.44. The third-order valence-electron chi connectivity index (χ3n) is 3.12. The Labute approximate surface area is 94.1 Å². The zero-order valence-corrected chi connectivity index (χ0v) is 9.79. The number of esters is 2. The van der Waals surface area contributed by atoms with E-state index in [0.717, 1.165) is 0 Å². The number of methoxy groups -OCH3 is 2. The van der Waals surface area contributed by atoms with Crippen molar-refractivity contribution in [3.8, 4) is 0 Å². The molecule has 1 saturated carbocycles. The summed E-state index contributed by atoms with van der Waals surface area (Å²) in [4.78, 5) is 22.9. The Kier molecular flexibility index (Phi) is 3.88.